The van der Waals surface area contributed by atoms with Crippen molar-refractivity contribution < 1.29 is 18.7 Å². The van der Waals surface area contributed by atoms with Gasteiger partial charge in [0, 0.05) is 26.8 Å². The molecule has 2 amide bonds. The van der Waals surface area contributed by atoms with Gasteiger partial charge < -0.3 is 15.0 Å². The Morgan fingerprint density at radius 1 is 0.909 bits per heavy atom. The number of methoxy groups -OCH3 is 1. The van der Waals surface area contributed by atoms with Crippen molar-refractivity contribution in [2.45, 2.75) is 25.4 Å². The average molecular weight is 449 g/mol. The van der Waals surface area contributed by atoms with Crippen LogP contribution in [0.4, 0.5) is 4.39 Å². The van der Waals surface area contributed by atoms with Crippen molar-refractivity contribution in [3.8, 4) is 0 Å². The number of carbonyl (C=O) groups is 2. The van der Waals surface area contributed by atoms with Crippen LogP contribution in [0.25, 0.3) is 0 Å². The molecule has 0 fully saturated rings. The summed E-state index contributed by atoms with van der Waals surface area (Å²) in [5.74, 6) is -0.802. The molecule has 3 rings (SSSR count). The molecule has 0 aliphatic heterocycles. The molecule has 1 unspecified atom stereocenters. The molecular weight excluding hydrogens is 419 g/mol. The first kappa shape index (κ1) is 24.1. The third-order valence-corrected chi connectivity index (χ3v) is 5.28. The molecule has 1 N–H and O–H groups in total. The number of carbonyl (C=O) groups excluding carboxylic acids is 2. The van der Waals surface area contributed by atoms with Crippen LogP contribution in [0.5, 0.6) is 0 Å². The van der Waals surface area contributed by atoms with Gasteiger partial charge in [-0.05, 0) is 35.2 Å². The lowest BCUT2D eigenvalue weighted by atomic mass is 10.0. The van der Waals surface area contributed by atoms with Crippen molar-refractivity contribution in [2.24, 2.45) is 0 Å². The van der Waals surface area contributed by atoms with Gasteiger partial charge in [0.05, 0.1) is 6.42 Å². The molecule has 0 saturated heterocycles. The average Bonchev–Trinajstić information content (AvgIpc) is 2.84. The first-order valence-corrected chi connectivity index (χ1v) is 11.0. The lowest BCUT2D eigenvalue weighted by Gasteiger charge is -2.32. The van der Waals surface area contributed by atoms with E-state index in [2.05, 4.69) is 5.32 Å². The Morgan fingerprint density at radius 2 is 1.55 bits per heavy atom. The summed E-state index contributed by atoms with van der Waals surface area (Å²) >= 11 is 0. The van der Waals surface area contributed by atoms with E-state index in [-0.39, 0.29) is 30.6 Å². The van der Waals surface area contributed by atoms with Gasteiger partial charge in [0.25, 0.3) is 0 Å². The standard InChI is InChI=1S/C27H29FN2O3/c1-33-18-8-17-29-27(32)26(23-11-6-3-7-12-23)30(20-22-13-15-24(28)16-14-22)25(31)19-21-9-4-2-5-10-21/h2-7,9-16,26H,8,17-20H2,1H3,(H,29,32). The molecular formula is C27H29FN2O3. The number of ether oxygens (including phenoxy) is 1. The third-order valence-electron chi connectivity index (χ3n) is 5.28. The maximum atomic E-state index is 13.5. The van der Waals surface area contributed by atoms with Crippen molar-refractivity contribution in [3.63, 3.8) is 0 Å². The molecule has 0 radical (unpaired) electrons. The zero-order chi connectivity index (χ0) is 23.5. The van der Waals surface area contributed by atoms with E-state index >= 15 is 0 Å². The Bertz CT molecular complexity index is 1010. The fraction of sp³-hybridized carbons (Fsp3) is 0.259. The molecule has 172 valence electrons. The highest BCUT2D eigenvalue weighted by molar-refractivity contribution is 5.89. The predicted molar refractivity (Wildman–Crippen MR) is 126 cm³/mol. The Morgan fingerprint density at radius 3 is 2.18 bits per heavy atom. The largest absolute Gasteiger partial charge is 0.385 e. The summed E-state index contributed by atoms with van der Waals surface area (Å²) < 4.78 is 18.5. The Hall–Kier alpha value is -3.51. The van der Waals surface area contributed by atoms with Crippen LogP contribution in [-0.4, -0.2) is 37.0 Å². The number of nitrogens with zero attached hydrogens (tertiary/aromatic N) is 1. The second-order valence-corrected chi connectivity index (χ2v) is 7.76. The molecule has 0 aromatic heterocycles. The highest BCUT2D eigenvalue weighted by Crippen LogP contribution is 2.25. The minimum Gasteiger partial charge on any atom is -0.385 e. The Balaban J connectivity index is 1.93. The summed E-state index contributed by atoms with van der Waals surface area (Å²) in [6.45, 7) is 1.15. The summed E-state index contributed by atoms with van der Waals surface area (Å²) in [4.78, 5) is 28.4. The van der Waals surface area contributed by atoms with Crippen LogP contribution in [0, 0.1) is 5.82 Å². The topological polar surface area (TPSA) is 58.6 Å². The molecule has 1 atom stereocenters. The highest BCUT2D eigenvalue weighted by atomic mass is 19.1. The van der Waals surface area contributed by atoms with Crippen LogP contribution < -0.4 is 5.32 Å². The van der Waals surface area contributed by atoms with E-state index in [0.29, 0.717) is 25.1 Å². The SMILES string of the molecule is COCCCNC(=O)C(c1ccccc1)N(Cc1ccc(F)cc1)C(=O)Cc1ccccc1. The fourth-order valence-corrected chi connectivity index (χ4v) is 3.61. The van der Waals surface area contributed by atoms with Crippen LogP contribution in [0.15, 0.2) is 84.9 Å². The molecule has 3 aromatic carbocycles. The van der Waals surface area contributed by atoms with Crippen molar-refractivity contribution in [3.05, 3.63) is 107 Å². The molecule has 0 aliphatic carbocycles. The summed E-state index contributed by atoms with van der Waals surface area (Å²) in [6, 6.07) is 23.8. The van der Waals surface area contributed by atoms with Gasteiger partial charge >= 0.3 is 0 Å². The van der Waals surface area contributed by atoms with Gasteiger partial charge in [0.2, 0.25) is 11.8 Å². The minimum atomic E-state index is -0.824. The Kier molecular flexibility index (Phi) is 9.15. The summed E-state index contributed by atoms with van der Waals surface area (Å²) in [7, 11) is 1.61. The van der Waals surface area contributed by atoms with E-state index < -0.39 is 6.04 Å². The normalized spacial score (nSPS) is 11.6. The third kappa shape index (κ3) is 7.26. The van der Waals surface area contributed by atoms with Crippen molar-refractivity contribution in [1.82, 2.24) is 10.2 Å². The maximum absolute atomic E-state index is 13.5. The first-order chi connectivity index (χ1) is 16.1. The monoisotopic (exact) mass is 448 g/mol. The van der Waals surface area contributed by atoms with E-state index in [4.69, 9.17) is 4.74 Å². The van der Waals surface area contributed by atoms with Crippen LogP contribution >= 0.6 is 0 Å². The molecule has 3 aromatic rings. The number of amides is 2. The van der Waals surface area contributed by atoms with Crippen molar-refractivity contribution in [2.75, 3.05) is 20.3 Å². The van der Waals surface area contributed by atoms with Crippen LogP contribution in [-0.2, 0) is 27.3 Å². The molecule has 0 spiro atoms. The Labute approximate surface area is 194 Å². The molecule has 0 heterocycles. The highest BCUT2D eigenvalue weighted by Gasteiger charge is 2.31. The lowest BCUT2D eigenvalue weighted by Crippen LogP contribution is -2.44. The van der Waals surface area contributed by atoms with Crippen LogP contribution in [0.1, 0.15) is 29.2 Å². The van der Waals surface area contributed by atoms with Gasteiger partial charge in [-0.2, -0.15) is 0 Å². The molecule has 0 aliphatic rings. The van der Waals surface area contributed by atoms with E-state index in [1.54, 1.807) is 24.1 Å². The van der Waals surface area contributed by atoms with Gasteiger partial charge in [-0.25, -0.2) is 4.39 Å². The smallest absolute Gasteiger partial charge is 0.247 e. The second-order valence-electron chi connectivity index (χ2n) is 7.76. The number of benzene rings is 3. The van der Waals surface area contributed by atoms with E-state index in [0.717, 1.165) is 11.1 Å². The van der Waals surface area contributed by atoms with Gasteiger partial charge in [0.1, 0.15) is 11.9 Å². The number of halogens is 1. The molecule has 0 saturated carbocycles. The molecule has 33 heavy (non-hydrogen) atoms. The molecule has 0 bridgehead atoms. The summed E-state index contributed by atoms with van der Waals surface area (Å²) in [6.07, 6.45) is 0.821. The van der Waals surface area contributed by atoms with E-state index in [1.165, 1.54) is 12.1 Å². The molecule has 5 nitrogen and oxygen atoms in total. The minimum absolute atomic E-state index is 0.155. The first-order valence-electron chi connectivity index (χ1n) is 11.0. The number of hydrogen-bond donors (Lipinski definition) is 1. The zero-order valence-electron chi connectivity index (χ0n) is 18.7. The van der Waals surface area contributed by atoms with E-state index in [9.17, 15) is 14.0 Å². The van der Waals surface area contributed by atoms with Crippen LogP contribution in [0.3, 0.4) is 0 Å². The van der Waals surface area contributed by atoms with Crippen molar-refractivity contribution in [1.29, 1.82) is 0 Å². The number of hydrogen-bond acceptors (Lipinski definition) is 3. The summed E-state index contributed by atoms with van der Waals surface area (Å²) in [5.41, 5.74) is 2.31. The fourth-order valence-electron chi connectivity index (χ4n) is 3.61. The van der Waals surface area contributed by atoms with Gasteiger partial charge in [0.15, 0.2) is 0 Å². The molecule has 6 heteroatoms. The zero-order valence-corrected chi connectivity index (χ0v) is 18.7. The quantitative estimate of drug-likeness (QED) is 0.445. The van der Waals surface area contributed by atoms with Gasteiger partial charge in [-0.3, -0.25) is 9.59 Å². The van der Waals surface area contributed by atoms with Gasteiger partial charge in [-0.15, -0.1) is 0 Å². The van der Waals surface area contributed by atoms with Crippen molar-refractivity contribution >= 4 is 11.8 Å². The predicted octanol–water partition coefficient (Wildman–Crippen LogP) is 4.29. The maximum Gasteiger partial charge on any atom is 0.247 e. The van der Waals surface area contributed by atoms with E-state index in [1.807, 2.05) is 60.7 Å². The second kappa shape index (κ2) is 12.5. The number of nitrogens with one attached hydrogen (secondary N) is 1. The summed E-state index contributed by atoms with van der Waals surface area (Å²) in [5, 5.41) is 2.94. The van der Waals surface area contributed by atoms with Crippen LogP contribution in [0.2, 0.25) is 0 Å². The number of rotatable bonds is 11. The van der Waals surface area contributed by atoms with Gasteiger partial charge in [-0.1, -0.05) is 72.8 Å². The lowest BCUT2D eigenvalue weighted by molar-refractivity contribution is -0.141.